The van der Waals surface area contributed by atoms with Crippen LogP contribution >= 0.6 is 11.6 Å². The van der Waals surface area contributed by atoms with Crippen molar-refractivity contribution in [1.29, 1.82) is 0 Å². The van der Waals surface area contributed by atoms with Crippen molar-refractivity contribution in [1.82, 2.24) is 9.78 Å². The molecule has 0 saturated carbocycles. The first-order chi connectivity index (χ1) is 11.3. The molecule has 1 aromatic carbocycles. The maximum atomic E-state index is 13.0. The molecule has 1 atom stereocenters. The predicted molar refractivity (Wildman–Crippen MR) is 92.9 cm³/mol. The summed E-state index contributed by atoms with van der Waals surface area (Å²) >= 11 is 6.18. The van der Waals surface area contributed by atoms with Crippen molar-refractivity contribution in [3.05, 3.63) is 57.2 Å². The Morgan fingerprint density at radius 3 is 2.50 bits per heavy atom. The molecule has 2 rings (SSSR count). The molecule has 1 unspecified atom stereocenters. The summed E-state index contributed by atoms with van der Waals surface area (Å²) in [4.78, 5) is 13.8. The number of hydrogen-bond donors (Lipinski definition) is 1. The number of nitrogens with zero attached hydrogens (tertiary/aromatic N) is 3. The van der Waals surface area contributed by atoms with Gasteiger partial charge in [-0.25, -0.2) is 9.07 Å². The van der Waals surface area contributed by atoms with Crippen molar-refractivity contribution in [2.75, 3.05) is 18.0 Å². The summed E-state index contributed by atoms with van der Waals surface area (Å²) in [6.07, 6.45) is 0.674. The van der Waals surface area contributed by atoms with Gasteiger partial charge in [0.25, 0.3) is 5.56 Å². The van der Waals surface area contributed by atoms with Gasteiger partial charge in [-0.05, 0) is 23.6 Å². The topological polar surface area (TPSA) is 58.4 Å². The molecule has 130 valence electrons. The molecule has 0 aliphatic carbocycles. The molecule has 7 heteroatoms. The molecule has 0 spiro atoms. The van der Waals surface area contributed by atoms with Crippen LogP contribution in [0.2, 0.25) is 5.02 Å². The van der Waals surface area contributed by atoms with Crippen molar-refractivity contribution in [3.63, 3.8) is 0 Å². The summed E-state index contributed by atoms with van der Waals surface area (Å²) in [5.74, 6) is -0.0747. The fourth-order valence-corrected chi connectivity index (χ4v) is 2.72. The molecule has 0 saturated heterocycles. The zero-order valence-electron chi connectivity index (χ0n) is 13.9. The number of hydrogen-bond acceptors (Lipinski definition) is 4. The fourth-order valence-electron chi connectivity index (χ4n) is 2.43. The van der Waals surface area contributed by atoms with Gasteiger partial charge in [0.15, 0.2) is 0 Å². The third-order valence-corrected chi connectivity index (χ3v) is 3.99. The number of aryl methyl sites for hydroxylation is 1. The van der Waals surface area contributed by atoms with Crippen LogP contribution < -0.4 is 10.5 Å². The van der Waals surface area contributed by atoms with Crippen LogP contribution in [-0.2, 0) is 7.05 Å². The second kappa shape index (κ2) is 7.77. The molecule has 24 heavy (non-hydrogen) atoms. The number of rotatable bonds is 6. The van der Waals surface area contributed by atoms with Crippen molar-refractivity contribution in [3.8, 4) is 0 Å². The lowest BCUT2D eigenvalue weighted by Crippen LogP contribution is -2.34. The Morgan fingerprint density at radius 1 is 1.29 bits per heavy atom. The summed E-state index contributed by atoms with van der Waals surface area (Å²) in [6.45, 7) is 4.87. The number of anilines is 1. The lowest BCUT2D eigenvalue weighted by molar-refractivity contribution is 0.182. The van der Waals surface area contributed by atoms with Gasteiger partial charge in [-0.2, -0.15) is 5.10 Å². The highest BCUT2D eigenvalue weighted by molar-refractivity contribution is 6.33. The number of halogens is 2. The van der Waals surface area contributed by atoms with Crippen molar-refractivity contribution in [2.24, 2.45) is 13.0 Å². The Balaban J connectivity index is 2.30. The minimum absolute atomic E-state index is 0.0689. The van der Waals surface area contributed by atoms with Crippen LogP contribution in [0.3, 0.4) is 0 Å². The van der Waals surface area contributed by atoms with Crippen LogP contribution in [-0.4, -0.2) is 28.0 Å². The normalized spacial score (nSPS) is 12.5. The molecule has 0 radical (unpaired) electrons. The predicted octanol–water partition coefficient (Wildman–Crippen LogP) is 2.77. The average molecular weight is 354 g/mol. The van der Waals surface area contributed by atoms with E-state index in [1.165, 1.54) is 37.5 Å². The van der Waals surface area contributed by atoms with Crippen LogP contribution in [0.15, 0.2) is 35.3 Å². The zero-order valence-corrected chi connectivity index (χ0v) is 14.7. The van der Waals surface area contributed by atoms with Crippen molar-refractivity contribution < 1.29 is 9.50 Å². The maximum absolute atomic E-state index is 13.0. The molecular weight excluding hydrogens is 333 g/mol. The third kappa shape index (κ3) is 4.33. The molecule has 1 N–H and O–H groups in total. The van der Waals surface area contributed by atoms with Gasteiger partial charge in [0.2, 0.25) is 0 Å². The van der Waals surface area contributed by atoms with E-state index in [-0.39, 0.29) is 28.9 Å². The van der Waals surface area contributed by atoms with Crippen LogP contribution in [0, 0.1) is 11.7 Å². The summed E-state index contributed by atoms with van der Waals surface area (Å²) in [6, 6.07) is 5.69. The molecule has 0 fully saturated rings. The highest BCUT2D eigenvalue weighted by atomic mass is 35.5. The first kappa shape index (κ1) is 18.4. The number of aromatic nitrogens is 2. The Kier molecular flexibility index (Phi) is 5.96. The Bertz CT molecular complexity index is 746. The fraction of sp³-hybridized carbons (Fsp3) is 0.412. The Labute approximate surface area is 145 Å². The lowest BCUT2D eigenvalue weighted by atomic mass is 10.1. The summed E-state index contributed by atoms with van der Waals surface area (Å²) in [7, 11) is 1.53. The van der Waals surface area contributed by atoms with Gasteiger partial charge < -0.3 is 10.0 Å². The average Bonchev–Trinajstić information content (AvgIpc) is 2.52. The van der Waals surface area contributed by atoms with Gasteiger partial charge in [-0.3, -0.25) is 4.79 Å². The largest absolute Gasteiger partial charge is 0.387 e. The molecule has 2 aromatic rings. The van der Waals surface area contributed by atoms with E-state index in [9.17, 15) is 14.3 Å². The minimum atomic E-state index is -0.843. The van der Waals surface area contributed by atoms with Crippen molar-refractivity contribution in [2.45, 2.75) is 20.0 Å². The van der Waals surface area contributed by atoms with E-state index in [1.807, 2.05) is 18.7 Å². The standard InChI is InChI=1S/C17H21ClFN3O2/c1-11(2)9-22(14-8-20-21(3)17(24)16(14)18)10-15(23)12-4-6-13(19)7-5-12/h4-8,11,15,23H,9-10H2,1-3H3. The Morgan fingerprint density at radius 2 is 1.92 bits per heavy atom. The van der Waals surface area contributed by atoms with E-state index in [0.29, 0.717) is 17.8 Å². The van der Waals surface area contributed by atoms with Gasteiger partial charge in [-0.15, -0.1) is 0 Å². The second-order valence-corrected chi connectivity index (χ2v) is 6.52. The van der Waals surface area contributed by atoms with E-state index >= 15 is 0 Å². The second-order valence-electron chi connectivity index (χ2n) is 6.14. The molecule has 1 aromatic heterocycles. The van der Waals surface area contributed by atoms with Crippen LogP contribution in [0.1, 0.15) is 25.5 Å². The maximum Gasteiger partial charge on any atom is 0.287 e. The van der Waals surface area contributed by atoms with E-state index in [1.54, 1.807) is 0 Å². The van der Waals surface area contributed by atoms with Gasteiger partial charge in [-0.1, -0.05) is 37.6 Å². The molecular formula is C17H21ClFN3O2. The van der Waals surface area contributed by atoms with Crippen molar-refractivity contribution >= 4 is 17.3 Å². The van der Waals surface area contributed by atoms with Crippen LogP contribution in [0.25, 0.3) is 0 Å². The summed E-state index contributed by atoms with van der Waals surface area (Å²) < 4.78 is 14.2. The summed E-state index contributed by atoms with van der Waals surface area (Å²) in [5.41, 5.74) is 0.687. The molecule has 5 nitrogen and oxygen atoms in total. The smallest absolute Gasteiger partial charge is 0.287 e. The quantitative estimate of drug-likeness (QED) is 0.867. The monoisotopic (exact) mass is 353 g/mol. The van der Waals surface area contributed by atoms with E-state index in [2.05, 4.69) is 5.10 Å². The number of aliphatic hydroxyl groups is 1. The SMILES string of the molecule is CC(C)CN(CC(O)c1ccc(F)cc1)c1cnn(C)c(=O)c1Cl. The molecule has 0 aliphatic heterocycles. The van der Waals surface area contributed by atoms with Crippen LogP contribution in [0.4, 0.5) is 10.1 Å². The summed E-state index contributed by atoms with van der Waals surface area (Å²) in [5, 5.41) is 14.5. The molecule has 0 bridgehead atoms. The zero-order chi connectivity index (χ0) is 17.9. The molecule has 0 amide bonds. The highest BCUT2D eigenvalue weighted by Crippen LogP contribution is 2.25. The van der Waals surface area contributed by atoms with Gasteiger partial charge in [0, 0.05) is 20.1 Å². The lowest BCUT2D eigenvalue weighted by Gasteiger charge is -2.29. The van der Waals surface area contributed by atoms with Gasteiger partial charge >= 0.3 is 0 Å². The van der Waals surface area contributed by atoms with Crippen LogP contribution in [0.5, 0.6) is 0 Å². The third-order valence-electron chi connectivity index (χ3n) is 3.63. The van der Waals surface area contributed by atoms with E-state index in [0.717, 1.165) is 4.68 Å². The minimum Gasteiger partial charge on any atom is -0.387 e. The highest BCUT2D eigenvalue weighted by Gasteiger charge is 2.20. The first-order valence-electron chi connectivity index (χ1n) is 7.70. The molecule has 0 aliphatic rings. The van der Waals surface area contributed by atoms with E-state index < -0.39 is 6.10 Å². The van der Waals surface area contributed by atoms with Gasteiger partial charge in [0.1, 0.15) is 10.8 Å². The molecule has 1 heterocycles. The number of benzene rings is 1. The number of aliphatic hydroxyl groups excluding tert-OH is 1. The Hall–Kier alpha value is -1.92. The first-order valence-corrected chi connectivity index (χ1v) is 8.07. The van der Waals surface area contributed by atoms with E-state index in [4.69, 9.17) is 11.6 Å². The van der Waals surface area contributed by atoms with Gasteiger partial charge in [0.05, 0.1) is 18.0 Å².